The van der Waals surface area contributed by atoms with Gasteiger partial charge >= 0.3 is 0 Å². The second-order valence-corrected chi connectivity index (χ2v) is 0.761. The predicted molar refractivity (Wildman–Crippen MR) is 56.1 cm³/mol. The van der Waals surface area contributed by atoms with Gasteiger partial charge in [-0.1, -0.05) is 40.3 Å². The Balaban J connectivity index is -0.0000000315. The van der Waals surface area contributed by atoms with Crippen LogP contribution in [0.4, 0.5) is 0 Å². The van der Waals surface area contributed by atoms with Crippen LogP contribution in [0.15, 0.2) is 25.1 Å². The van der Waals surface area contributed by atoms with Crippen molar-refractivity contribution in [2.45, 2.75) is 34.6 Å². The van der Waals surface area contributed by atoms with E-state index in [9.17, 15) is 0 Å². The third-order valence-corrected chi connectivity index (χ3v) is 0.192. The first-order valence-electron chi connectivity index (χ1n) is 3.99. The minimum atomic E-state index is 1.25. The van der Waals surface area contributed by atoms with Crippen LogP contribution in [0, 0.1) is 0 Å². The normalized spacial score (nSPS) is 5.55. The molecule has 0 amide bonds. The highest BCUT2D eigenvalue weighted by molar-refractivity contribution is 4.66. The molecule has 2 nitrogen and oxygen atoms in total. The lowest BCUT2D eigenvalue weighted by Crippen LogP contribution is -1.70. The van der Waals surface area contributed by atoms with Gasteiger partial charge in [0.25, 0.3) is 0 Å². The summed E-state index contributed by atoms with van der Waals surface area (Å²) in [5.41, 5.74) is 9.46. The minimum absolute atomic E-state index is 1.25. The molecule has 0 aromatic rings. The number of allylic oxidation sites excluding steroid dienone is 1. The first-order chi connectivity index (χ1) is 5.33. The van der Waals surface area contributed by atoms with Crippen molar-refractivity contribution in [2.75, 3.05) is 0 Å². The molecule has 11 heavy (non-hydrogen) atoms. The van der Waals surface area contributed by atoms with E-state index in [0.717, 1.165) is 0 Å². The average molecular weight is 160 g/mol. The Hall–Kier alpha value is -0.920. The Labute approximate surface area is 72.0 Å². The standard InChI is InChI=1S/C3H7N.C2H5N.2C2H6/c1-2-3-4;1-2-3;2*1-2/h2-3H,4H2,1H3;2H,1,3H2;2*1-2H3/b3-2-;;;. The van der Waals surface area contributed by atoms with Crippen LogP contribution in [0.1, 0.15) is 34.6 Å². The lowest BCUT2D eigenvalue weighted by molar-refractivity contribution is 1.50. The molecule has 0 spiro atoms. The van der Waals surface area contributed by atoms with Gasteiger partial charge in [-0.15, -0.1) is 0 Å². The molecule has 0 aromatic carbocycles. The molecule has 0 saturated heterocycles. The summed E-state index contributed by atoms with van der Waals surface area (Å²) in [7, 11) is 0. The summed E-state index contributed by atoms with van der Waals surface area (Å²) in [4.78, 5) is 0. The van der Waals surface area contributed by atoms with Crippen molar-refractivity contribution in [2.24, 2.45) is 11.5 Å². The maximum atomic E-state index is 4.85. The molecule has 0 rings (SSSR count). The van der Waals surface area contributed by atoms with Crippen molar-refractivity contribution < 1.29 is 0 Å². The molecule has 0 heterocycles. The first kappa shape index (κ1) is 22.5. The van der Waals surface area contributed by atoms with Crippen LogP contribution in [0.3, 0.4) is 0 Å². The monoisotopic (exact) mass is 160 g/mol. The van der Waals surface area contributed by atoms with Gasteiger partial charge in [0.1, 0.15) is 0 Å². The molecule has 0 aliphatic rings. The fourth-order valence-electron chi connectivity index (χ4n) is 0. The van der Waals surface area contributed by atoms with Crippen LogP contribution >= 0.6 is 0 Å². The van der Waals surface area contributed by atoms with Crippen molar-refractivity contribution in [3.63, 3.8) is 0 Å². The molecule has 0 aliphatic carbocycles. The van der Waals surface area contributed by atoms with Crippen molar-refractivity contribution in [1.82, 2.24) is 0 Å². The van der Waals surface area contributed by atoms with Gasteiger partial charge in [-0.25, -0.2) is 0 Å². The fourth-order valence-corrected chi connectivity index (χ4v) is 0. The Kier molecular flexibility index (Phi) is 280. The summed E-state index contributed by atoms with van der Waals surface area (Å²) in [6, 6.07) is 0. The number of nitrogens with two attached hydrogens (primary N) is 2. The Morgan fingerprint density at radius 2 is 1.09 bits per heavy atom. The van der Waals surface area contributed by atoms with Gasteiger partial charge in [-0.05, 0) is 19.3 Å². The maximum absolute atomic E-state index is 4.85. The third kappa shape index (κ3) is 71100. The quantitative estimate of drug-likeness (QED) is 0.572. The summed E-state index contributed by atoms with van der Waals surface area (Å²) in [5.74, 6) is 0. The molecule has 0 radical (unpaired) electrons. The van der Waals surface area contributed by atoms with Gasteiger partial charge in [0, 0.05) is 0 Å². The topological polar surface area (TPSA) is 52.0 Å². The highest BCUT2D eigenvalue weighted by Gasteiger charge is 1.32. The highest BCUT2D eigenvalue weighted by Crippen LogP contribution is 1.47. The second kappa shape index (κ2) is 137. The number of hydrogen-bond donors (Lipinski definition) is 2. The minimum Gasteiger partial charge on any atom is -0.405 e. The van der Waals surface area contributed by atoms with Crippen LogP contribution < -0.4 is 11.5 Å². The summed E-state index contributed by atoms with van der Waals surface area (Å²) < 4.78 is 0. The van der Waals surface area contributed by atoms with Gasteiger partial charge in [-0.3, -0.25) is 0 Å². The number of hydrogen-bond acceptors (Lipinski definition) is 2. The van der Waals surface area contributed by atoms with Crippen LogP contribution in [0.5, 0.6) is 0 Å². The van der Waals surface area contributed by atoms with E-state index in [1.54, 1.807) is 6.08 Å². The maximum Gasteiger partial charge on any atom is -0.0106 e. The summed E-state index contributed by atoms with van der Waals surface area (Å²) in [6.07, 6.45) is 4.53. The van der Waals surface area contributed by atoms with Crippen molar-refractivity contribution in [1.29, 1.82) is 0 Å². The zero-order valence-corrected chi connectivity index (χ0v) is 8.59. The first-order valence-corrected chi connectivity index (χ1v) is 3.99. The highest BCUT2D eigenvalue weighted by atomic mass is 14.5. The SMILES string of the molecule is C/C=C\N.C=CN.CC.CC. The molecule has 0 bridgehead atoms. The van der Waals surface area contributed by atoms with E-state index in [-0.39, 0.29) is 0 Å². The molecule has 0 unspecified atom stereocenters. The average Bonchev–Trinajstić information content (AvgIpc) is 2.12. The van der Waals surface area contributed by atoms with E-state index in [4.69, 9.17) is 5.73 Å². The van der Waals surface area contributed by atoms with Gasteiger partial charge in [0.2, 0.25) is 0 Å². The predicted octanol–water partition coefficient (Wildman–Crippen LogP) is 2.62. The molecular weight excluding hydrogens is 136 g/mol. The van der Waals surface area contributed by atoms with Crippen molar-refractivity contribution in [3.8, 4) is 0 Å². The van der Waals surface area contributed by atoms with E-state index in [1.807, 2.05) is 34.6 Å². The largest absolute Gasteiger partial charge is 0.405 e. The molecule has 0 atom stereocenters. The smallest absolute Gasteiger partial charge is 0.0106 e. The summed E-state index contributed by atoms with van der Waals surface area (Å²) in [5, 5.41) is 0. The lowest BCUT2D eigenvalue weighted by atomic mass is 10.7. The Morgan fingerprint density at radius 3 is 1.09 bits per heavy atom. The second-order valence-electron chi connectivity index (χ2n) is 0.761. The van der Waals surface area contributed by atoms with E-state index in [1.165, 1.54) is 12.4 Å². The molecular formula is C9H24N2. The van der Waals surface area contributed by atoms with Crippen molar-refractivity contribution in [3.05, 3.63) is 25.1 Å². The van der Waals surface area contributed by atoms with Gasteiger partial charge in [-0.2, -0.15) is 0 Å². The van der Waals surface area contributed by atoms with E-state index in [2.05, 4.69) is 12.3 Å². The Bertz CT molecular complexity index is 45.5. The van der Waals surface area contributed by atoms with Gasteiger partial charge in [0.05, 0.1) is 0 Å². The molecule has 0 saturated carbocycles. The fraction of sp³-hybridized carbons (Fsp3) is 0.556. The van der Waals surface area contributed by atoms with Crippen LogP contribution in [0.2, 0.25) is 0 Å². The van der Waals surface area contributed by atoms with E-state index < -0.39 is 0 Å². The molecule has 0 aromatic heterocycles. The lowest BCUT2D eigenvalue weighted by Gasteiger charge is -1.53. The molecule has 0 fully saturated rings. The van der Waals surface area contributed by atoms with Crippen molar-refractivity contribution >= 4 is 0 Å². The molecule has 2 heteroatoms. The zero-order valence-electron chi connectivity index (χ0n) is 8.59. The summed E-state index contributed by atoms with van der Waals surface area (Å²) in [6.45, 7) is 13.0. The van der Waals surface area contributed by atoms with Crippen LogP contribution in [-0.2, 0) is 0 Å². The Morgan fingerprint density at radius 1 is 1.00 bits per heavy atom. The van der Waals surface area contributed by atoms with Crippen LogP contribution in [-0.4, -0.2) is 0 Å². The third-order valence-electron chi connectivity index (χ3n) is 0.192. The molecule has 0 aliphatic heterocycles. The summed E-state index contributed by atoms with van der Waals surface area (Å²) >= 11 is 0. The molecule has 4 N–H and O–H groups in total. The van der Waals surface area contributed by atoms with Gasteiger partial charge < -0.3 is 11.5 Å². The van der Waals surface area contributed by atoms with E-state index in [0.29, 0.717) is 0 Å². The van der Waals surface area contributed by atoms with E-state index >= 15 is 0 Å². The molecule has 70 valence electrons. The zero-order chi connectivity index (χ0) is 10.1. The number of rotatable bonds is 0. The van der Waals surface area contributed by atoms with Crippen LogP contribution in [0.25, 0.3) is 0 Å². The van der Waals surface area contributed by atoms with Gasteiger partial charge in [0.15, 0.2) is 0 Å².